The molecule has 8 nitrogen and oxygen atoms in total. The van der Waals surface area contributed by atoms with Gasteiger partial charge in [0.2, 0.25) is 5.91 Å². The summed E-state index contributed by atoms with van der Waals surface area (Å²) in [6, 6.07) is -0.114. The molecule has 0 radical (unpaired) electrons. The Morgan fingerprint density at radius 3 is 3.04 bits per heavy atom. The van der Waals surface area contributed by atoms with Crippen LogP contribution in [-0.2, 0) is 20.8 Å². The van der Waals surface area contributed by atoms with Crippen LogP contribution in [-0.4, -0.2) is 58.1 Å². The fraction of sp³-hybridized carbons (Fsp3) is 0.733. The van der Waals surface area contributed by atoms with Crippen molar-refractivity contribution in [1.29, 1.82) is 0 Å². The van der Waals surface area contributed by atoms with Crippen molar-refractivity contribution in [2.45, 2.75) is 52.3 Å². The summed E-state index contributed by atoms with van der Waals surface area (Å²) in [4.78, 5) is 12.1. The minimum atomic E-state index is -0.114. The molecule has 1 aliphatic rings. The normalized spacial score (nSPS) is 21.0. The van der Waals surface area contributed by atoms with E-state index in [9.17, 15) is 4.79 Å². The van der Waals surface area contributed by atoms with Gasteiger partial charge in [-0.2, -0.15) is 0 Å². The maximum Gasteiger partial charge on any atom is 0.222 e. The van der Waals surface area contributed by atoms with E-state index in [0.29, 0.717) is 38.6 Å². The average molecular weight is 323 g/mol. The third kappa shape index (κ3) is 5.72. The standard InChI is InChI=1S/C15H25N5O3/c1-11(2)5-9-23-14-6-8-22-10-13(14)16-15(21)4-7-20-12(3)17-18-19-20/h5,13-14H,4,6-10H2,1-3H3,(H,16,21)/t13-,14+/m1/s1. The minimum absolute atomic E-state index is 0.0157. The highest BCUT2D eigenvalue weighted by Crippen LogP contribution is 2.12. The average Bonchev–Trinajstić information content (AvgIpc) is 2.92. The Labute approximate surface area is 136 Å². The van der Waals surface area contributed by atoms with Gasteiger partial charge in [-0.3, -0.25) is 4.79 Å². The molecule has 1 aromatic heterocycles. The van der Waals surface area contributed by atoms with E-state index in [2.05, 4.69) is 20.8 Å². The third-order valence-electron chi connectivity index (χ3n) is 3.70. The molecular weight excluding hydrogens is 298 g/mol. The summed E-state index contributed by atoms with van der Waals surface area (Å²) in [5.74, 6) is 0.646. The Morgan fingerprint density at radius 1 is 1.52 bits per heavy atom. The smallest absolute Gasteiger partial charge is 0.222 e. The van der Waals surface area contributed by atoms with Gasteiger partial charge in [-0.15, -0.1) is 5.10 Å². The lowest BCUT2D eigenvalue weighted by atomic mass is 10.1. The summed E-state index contributed by atoms with van der Waals surface area (Å²) < 4.78 is 12.9. The van der Waals surface area contributed by atoms with E-state index in [4.69, 9.17) is 9.47 Å². The van der Waals surface area contributed by atoms with E-state index in [0.717, 1.165) is 6.42 Å². The number of ether oxygens (including phenoxy) is 2. The zero-order valence-corrected chi connectivity index (χ0v) is 14.0. The van der Waals surface area contributed by atoms with Crippen molar-refractivity contribution in [3.8, 4) is 0 Å². The molecule has 1 amide bonds. The molecule has 8 heteroatoms. The molecule has 1 aliphatic heterocycles. The molecule has 1 saturated heterocycles. The van der Waals surface area contributed by atoms with Crippen molar-refractivity contribution in [1.82, 2.24) is 25.5 Å². The monoisotopic (exact) mass is 323 g/mol. The SMILES string of the molecule is CC(C)=CCO[C@H]1CCOC[C@H]1NC(=O)CCn1nnnc1C. The number of allylic oxidation sites excluding steroid dienone is 1. The van der Waals surface area contributed by atoms with Crippen LogP contribution in [0.4, 0.5) is 0 Å². The first kappa shape index (κ1) is 17.6. The Balaban J connectivity index is 1.79. The van der Waals surface area contributed by atoms with Gasteiger partial charge in [0.15, 0.2) is 0 Å². The van der Waals surface area contributed by atoms with Gasteiger partial charge in [-0.25, -0.2) is 4.68 Å². The largest absolute Gasteiger partial charge is 0.379 e. The van der Waals surface area contributed by atoms with Gasteiger partial charge in [0.1, 0.15) is 5.82 Å². The number of aromatic nitrogens is 4. The molecule has 128 valence electrons. The molecule has 0 aromatic carbocycles. The molecular formula is C15H25N5O3. The molecule has 1 fully saturated rings. The van der Waals surface area contributed by atoms with E-state index < -0.39 is 0 Å². The quantitative estimate of drug-likeness (QED) is 0.740. The van der Waals surface area contributed by atoms with E-state index in [1.165, 1.54) is 5.57 Å². The molecule has 2 heterocycles. The van der Waals surface area contributed by atoms with Crippen LogP contribution in [0.15, 0.2) is 11.6 Å². The Kier molecular flexibility index (Phi) is 6.66. The summed E-state index contributed by atoms with van der Waals surface area (Å²) in [5, 5.41) is 14.2. The highest BCUT2D eigenvalue weighted by molar-refractivity contribution is 5.76. The molecule has 2 atom stereocenters. The van der Waals surface area contributed by atoms with Crippen LogP contribution in [0.5, 0.6) is 0 Å². The molecule has 0 unspecified atom stereocenters. The molecule has 1 aromatic rings. The fourth-order valence-corrected chi connectivity index (χ4v) is 2.33. The first-order valence-electron chi connectivity index (χ1n) is 7.91. The van der Waals surface area contributed by atoms with Crippen molar-refractivity contribution in [3.05, 3.63) is 17.5 Å². The van der Waals surface area contributed by atoms with Gasteiger partial charge in [0.25, 0.3) is 0 Å². The van der Waals surface area contributed by atoms with E-state index in [1.807, 2.05) is 19.9 Å². The van der Waals surface area contributed by atoms with Crippen molar-refractivity contribution < 1.29 is 14.3 Å². The second-order valence-corrected chi connectivity index (χ2v) is 5.89. The summed E-state index contributed by atoms with van der Waals surface area (Å²) in [5.41, 5.74) is 1.22. The van der Waals surface area contributed by atoms with Crippen LogP contribution in [0.1, 0.15) is 32.5 Å². The molecule has 0 bridgehead atoms. The van der Waals surface area contributed by atoms with Gasteiger partial charge in [0, 0.05) is 13.0 Å². The first-order valence-corrected chi connectivity index (χ1v) is 7.91. The lowest BCUT2D eigenvalue weighted by Crippen LogP contribution is -2.50. The molecule has 1 N–H and O–H groups in total. The number of amides is 1. The molecule has 23 heavy (non-hydrogen) atoms. The van der Waals surface area contributed by atoms with Crippen LogP contribution in [0.25, 0.3) is 0 Å². The van der Waals surface area contributed by atoms with Crippen LogP contribution in [0, 0.1) is 6.92 Å². The molecule has 0 spiro atoms. The number of carbonyl (C=O) groups is 1. The van der Waals surface area contributed by atoms with E-state index in [-0.39, 0.29) is 18.1 Å². The number of hydrogen-bond donors (Lipinski definition) is 1. The molecule has 0 saturated carbocycles. The number of aryl methyl sites for hydroxylation is 2. The lowest BCUT2D eigenvalue weighted by molar-refractivity contribution is -0.126. The van der Waals surface area contributed by atoms with Crippen LogP contribution in [0.3, 0.4) is 0 Å². The number of nitrogens with one attached hydrogen (secondary N) is 1. The number of nitrogens with zero attached hydrogens (tertiary/aromatic N) is 4. The molecule has 2 rings (SSSR count). The fourth-order valence-electron chi connectivity index (χ4n) is 2.33. The number of carbonyl (C=O) groups excluding carboxylic acids is 1. The van der Waals surface area contributed by atoms with Crippen LogP contribution < -0.4 is 5.32 Å². The number of hydrogen-bond acceptors (Lipinski definition) is 6. The zero-order chi connectivity index (χ0) is 16.7. The Bertz CT molecular complexity index is 539. The van der Waals surface area contributed by atoms with Crippen molar-refractivity contribution >= 4 is 5.91 Å². The summed E-state index contributed by atoms with van der Waals surface area (Å²) in [6.45, 7) is 8.04. The van der Waals surface area contributed by atoms with Gasteiger partial charge in [-0.05, 0) is 37.6 Å². The van der Waals surface area contributed by atoms with Crippen molar-refractivity contribution in [2.24, 2.45) is 0 Å². The van der Waals surface area contributed by atoms with Crippen LogP contribution in [0.2, 0.25) is 0 Å². The van der Waals surface area contributed by atoms with Crippen molar-refractivity contribution in [2.75, 3.05) is 19.8 Å². The summed E-state index contributed by atoms with van der Waals surface area (Å²) in [7, 11) is 0. The Hall–Kier alpha value is -1.80. The predicted octanol–water partition coefficient (Wildman–Crippen LogP) is 0.628. The maximum atomic E-state index is 12.1. The van der Waals surface area contributed by atoms with Crippen LogP contribution >= 0.6 is 0 Å². The number of rotatable bonds is 7. The van der Waals surface area contributed by atoms with E-state index in [1.54, 1.807) is 11.6 Å². The number of tetrazole rings is 1. The highest BCUT2D eigenvalue weighted by atomic mass is 16.5. The highest BCUT2D eigenvalue weighted by Gasteiger charge is 2.27. The zero-order valence-electron chi connectivity index (χ0n) is 14.0. The summed E-state index contributed by atoms with van der Waals surface area (Å²) >= 11 is 0. The third-order valence-corrected chi connectivity index (χ3v) is 3.70. The van der Waals surface area contributed by atoms with Gasteiger partial charge < -0.3 is 14.8 Å². The van der Waals surface area contributed by atoms with E-state index >= 15 is 0 Å². The van der Waals surface area contributed by atoms with Gasteiger partial charge in [0.05, 0.1) is 31.9 Å². The predicted molar refractivity (Wildman–Crippen MR) is 83.7 cm³/mol. The second-order valence-electron chi connectivity index (χ2n) is 5.89. The minimum Gasteiger partial charge on any atom is -0.379 e. The van der Waals surface area contributed by atoms with Gasteiger partial charge >= 0.3 is 0 Å². The second kappa shape index (κ2) is 8.73. The van der Waals surface area contributed by atoms with Gasteiger partial charge in [-0.1, -0.05) is 11.6 Å². The lowest BCUT2D eigenvalue weighted by Gasteiger charge is -2.31. The maximum absolute atomic E-state index is 12.1. The van der Waals surface area contributed by atoms with Crippen molar-refractivity contribution in [3.63, 3.8) is 0 Å². The molecule has 0 aliphatic carbocycles. The summed E-state index contributed by atoms with van der Waals surface area (Å²) in [6.07, 6.45) is 3.13. The Morgan fingerprint density at radius 2 is 2.35 bits per heavy atom. The topological polar surface area (TPSA) is 91.2 Å². The first-order chi connectivity index (χ1) is 11.1.